The molecule has 0 saturated heterocycles. The molecule has 0 fully saturated rings. The van der Waals surface area contributed by atoms with Crippen molar-refractivity contribution in [3.8, 4) is 5.75 Å². The molecule has 1 heterocycles. The highest BCUT2D eigenvalue weighted by Crippen LogP contribution is 2.28. The fraction of sp³-hybridized carbons (Fsp3) is 0.333. The van der Waals surface area contributed by atoms with E-state index in [1.807, 2.05) is 0 Å². The Balaban J connectivity index is 2.23. The highest BCUT2D eigenvalue weighted by atomic mass is 16.5. The fourth-order valence-corrected chi connectivity index (χ4v) is 1.73. The first-order valence-electron chi connectivity index (χ1n) is 4.94. The SMILES string of the molecule is C=CNC(C)c1ccc2c(c1)OCC2. The Morgan fingerprint density at radius 1 is 1.57 bits per heavy atom. The van der Waals surface area contributed by atoms with Gasteiger partial charge in [-0.2, -0.15) is 0 Å². The van der Waals surface area contributed by atoms with Gasteiger partial charge in [0, 0.05) is 12.5 Å². The predicted molar refractivity (Wildman–Crippen MR) is 57.4 cm³/mol. The molecule has 1 N–H and O–H groups in total. The van der Waals surface area contributed by atoms with Crippen molar-refractivity contribution in [1.29, 1.82) is 0 Å². The summed E-state index contributed by atoms with van der Waals surface area (Å²) in [5.41, 5.74) is 2.56. The first kappa shape index (κ1) is 9.13. The molecule has 1 aromatic carbocycles. The Labute approximate surface area is 84.6 Å². The van der Waals surface area contributed by atoms with Gasteiger partial charge in [-0.3, -0.25) is 0 Å². The molecule has 2 nitrogen and oxygen atoms in total. The zero-order valence-corrected chi connectivity index (χ0v) is 8.42. The molecule has 0 aromatic heterocycles. The van der Waals surface area contributed by atoms with Gasteiger partial charge < -0.3 is 10.1 Å². The van der Waals surface area contributed by atoms with Crippen LogP contribution in [-0.2, 0) is 6.42 Å². The van der Waals surface area contributed by atoms with E-state index in [2.05, 4.69) is 37.0 Å². The van der Waals surface area contributed by atoms with E-state index in [-0.39, 0.29) is 0 Å². The van der Waals surface area contributed by atoms with Crippen LogP contribution in [0.2, 0.25) is 0 Å². The second-order valence-corrected chi connectivity index (χ2v) is 3.56. The van der Waals surface area contributed by atoms with Crippen LogP contribution in [0.25, 0.3) is 0 Å². The fourth-order valence-electron chi connectivity index (χ4n) is 1.73. The molecule has 2 rings (SSSR count). The monoisotopic (exact) mass is 189 g/mol. The lowest BCUT2D eigenvalue weighted by atomic mass is 10.0. The number of rotatable bonds is 3. The molecule has 74 valence electrons. The van der Waals surface area contributed by atoms with Gasteiger partial charge in [0.05, 0.1) is 6.61 Å². The Morgan fingerprint density at radius 3 is 3.21 bits per heavy atom. The molecule has 1 unspecified atom stereocenters. The van der Waals surface area contributed by atoms with Crippen LogP contribution < -0.4 is 10.1 Å². The summed E-state index contributed by atoms with van der Waals surface area (Å²) in [6.45, 7) is 6.59. The summed E-state index contributed by atoms with van der Waals surface area (Å²) in [7, 11) is 0. The van der Waals surface area contributed by atoms with Crippen LogP contribution in [0.5, 0.6) is 5.75 Å². The summed E-state index contributed by atoms with van der Waals surface area (Å²) in [5, 5.41) is 3.16. The predicted octanol–water partition coefficient (Wildman–Crippen LogP) is 2.42. The van der Waals surface area contributed by atoms with E-state index in [9.17, 15) is 0 Å². The molecule has 2 heteroatoms. The summed E-state index contributed by atoms with van der Waals surface area (Å²) in [6.07, 6.45) is 2.76. The molecule has 0 radical (unpaired) electrons. The number of fused-ring (bicyclic) bond motifs is 1. The van der Waals surface area contributed by atoms with Crippen molar-refractivity contribution >= 4 is 0 Å². The zero-order valence-electron chi connectivity index (χ0n) is 8.42. The molecular weight excluding hydrogens is 174 g/mol. The van der Waals surface area contributed by atoms with Crippen LogP contribution in [0.3, 0.4) is 0 Å². The first-order valence-corrected chi connectivity index (χ1v) is 4.94. The molecule has 1 aliphatic heterocycles. The molecular formula is C12H15NO. The van der Waals surface area contributed by atoms with Gasteiger partial charge in [-0.1, -0.05) is 18.7 Å². The number of ether oxygens (including phenoxy) is 1. The van der Waals surface area contributed by atoms with Gasteiger partial charge >= 0.3 is 0 Å². The van der Waals surface area contributed by atoms with Crippen molar-refractivity contribution in [1.82, 2.24) is 5.32 Å². The minimum Gasteiger partial charge on any atom is -0.493 e. The lowest BCUT2D eigenvalue weighted by Gasteiger charge is -2.12. The number of nitrogens with one attached hydrogen (secondary N) is 1. The Morgan fingerprint density at radius 2 is 2.43 bits per heavy atom. The van der Waals surface area contributed by atoms with Crippen LogP contribution in [-0.4, -0.2) is 6.61 Å². The molecule has 0 aliphatic carbocycles. The summed E-state index contributed by atoms with van der Waals surface area (Å²) in [5.74, 6) is 1.04. The highest BCUT2D eigenvalue weighted by Gasteiger charge is 2.13. The number of benzene rings is 1. The van der Waals surface area contributed by atoms with E-state index < -0.39 is 0 Å². The molecule has 14 heavy (non-hydrogen) atoms. The van der Waals surface area contributed by atoms with Gasteiger partial charge in [0.2, 0.25) is 0 Å². The Kier molecular flexibility index (Phi) is 2.44. The lowest BCUT2D eigenvalue weighted by molar-refractivity contribution is 0.356. The van der Waals surface area contributed by atoms with Crippen LogP contribution >= 0.6 is 0 Å². The van der Waals surface area contributed by atoms with Gasteiger partial charge in [-0.05, 0) is 30.3 Å². The van der Waals surface area contributed by atoms with Crippen LogP contribution in [0.4, 0.5) is 0 Å². The van der Waals surface area contributed by atoms with Crippen molar-refractivity contribution in [3.63, 3.8) is 0 Å². The maximum atomic E-state index is 5.51. The van der Waals surface area contributed by atoms with E-state index in [1.165, 1.54) is 11.1 Å². The molecule has 1 atom stereocenters. The van der Waals surface area contributed by atoms with Gasteiger partial charge in [-0.15, -0.1) is 0 Å². The zero-order chi connectivity index (χ0) is 9.97. The molecule has 0 amide bonds. The van der Waals surface area contributed by atoms with Gasteiger partial charge in [-0.25, -0.2) is 0 Å². The van der Waals surface area contributed by atoms with Crippen molar-refractivity contribution in [2.75, 3.05) is 6.61 Å². The van der Waals surface area contributed by atoms with Crippen LogP contribution in [0.1, 0.15) is 24.1 Å². The first-order chi connectivity index (χ1) is 6.81. The van der Waals surface area contributed by atoms with Crippen LogP contribution in [0.15, 0.2) is 31.0 Å². The van der Waals surface area contributed by atoms with E-state index in [0.29, 0.717) is 6.04 Å². The third-order valence-corrected chi connectivity index (χ3v) is 2.59. The third kappa shape index (κ3) is 1.60. The van der Waals surface area contributed by atoms with Crippen molar-refractivity contribution in [3.05, 3.63) is 42.1 Å². The lowest BCUT2D eigenvalue weighted by Crippen LogP contribution is -2.10. The number of hydrogen-bond donors (Lipinski definition) is 1. The van der Waals surface area contributed by atoms with E-state index in [1.54, 1.807) is 6.20 Å². The minimum atomic E-state index is 0.294. The maximum absolute atomic E-state index is 5.51. The van der Waals surface area contributed by atoms with Crippen molar-refractivity contribution in [2.24, 2.45) is 0 Å². The van der Waals surface area contributed by atoms with Crippen molar-refractivity contribution < 1.29 is 4.74 Å². The molecule has 0 saturated carbocycles. The topological polar surface area (TPSA) is 21.3 Å². The molecule has 0 spiro atoms. The Hall–Kier alpha value is -1.44. The van der Waals surface area contributed by atoms with Crippen LogP contribution in [0, 0.1) is 0 Å². The normalized spacial score (nSPS) is 15.5. The highest BCUT2D eigenvalue weighted by molar-refractivity contribution is 5.41. The van der Waals surface area contributed by atoms with Gasteiger partial charge in [0.25, 0.3) is 0 Å². The minimum absolute atomic E-state index is 0.294. The third-order valence-electron chi connectivity index (χ3n) is 2.59. The molecule has 0 bridgehead atoms. The molecule has 1 aromatic rings. The maximum Gasteiger partial charge on any atom is 0.122 e. The Bertz CT molecular complexity index is 346. The average molecular weight is 189 g/mol. The van der Waals surface area contributed by atoms with E-state index in [4.69, 9.17) is 4.74 Å². The quantitative estimate of drug-likeness (QED) is 0.788. The van der Waals surface area contributed by atoms with Crippen molar-refractivity contribution in [2.45, 2.75) is 19.4 Å². The summed E-state index contributed by atoms with van der Waals surface area (Å²) in [4.78, 5) is 0. The standard InChI is InChI=1S/C12H15NO/c1-3-13-9(2)11-5-4-10-6-7-14-12(10)8-11/h3-5,8-9,13H,1,6-7H2,2H3. The van der Waals surface area contributed by atoms with E-state index >= 15 is 0 Å². The molecule has 1 aliphatic rings. The second kappa shape index (κ2) is 3.74. The van der Waals surface area contributed by atoms with Gasteiger partial charge in [0.1, 0.15) is 5.75 Å². The van der Waals surface area contributed by atoms with Gasteiger partial charge in [0.15, 0.2) is 0 Å². The summed E-state index contributed by atoms with van der Waals surface area (Å²) < 4.78 is 5.51. The number of hydrogen-bond acceptors (Lipinski definition) is 2. The van der Waals surface area contributed by atoms with E-state index in [0.717, 1.165) is 18.8 Å². The summed E-state index contributed by atoms with van der Waals surface area (Å²) in [6, 6.07) is 6.71. The average Bonchev–Trinajstić information content (AvgIpc) is 2.64. The second-order valence-electron chi connectivity index (χ2n) is 3.56. The largest absolute Gasteiger partial charge is 0.493 e. The summed E-state index contributed by atoms with van der Waals surface area (Å²) >= 11 is 0. The smallest absolute Gasteiger partial charge is 0.122 e.